The van der Waals surface area contributed by atoms with Crippen LogP contribution in [0.5, 0.6) is 0 Å². The summed E-state index contributed by atoms with van der Waals surface area (Å²) in [6.45, 7) is 9.05. The van der Waals surface area contributed by atoms with E-state index in [0.29, 0.717) is 6.54 Å². The van der Waals surface area contributed by atoms with Crippen molar-refractivity contribution >= 4 is 0 Å². The predicted octanol–water partition coefficient (Wildman–Crippen LogP) is 2.17. The average Bonchev–Trinajstić information content (AvgIpc) is 2.32. The molecule has 1 N–H and O–H groups in total. The first-order chi connectivity index (χ1) is 5.89. The highest BCUT2D eigenvalue weighted by atomic mass is 16.3. The van der Waals surface area contributed by atoms with E-state index in [1.54, 1.807) is 6.92 Å². The van der Waals surface area contributed by atoms with Crippen molar-refractivity contribution < 1.29 is 5.11 Å². The maximum Gasteiger partial charge on any atom is 0.0690 e. The Labute approximate surface area is 80.2 Å². The maximum absolute atomic E-state index is 9.20. The molecule has 1 heterocycles. The summed E-state index contributed by atoms with van der Waals surface area (Å²) in [5, 5.41) is 9.20. The number of aliphatic hydroxyl groups excluding tert-OH is 1. The van der Waals surface area contributed by atoms with Gasteiger partial charge in [0.05, 0.1) is 6.10 Å². The van der Waals surface area contributed by atoms with E-state index in [4.69, 9.17) is 0 Å². The van der Waals surface area contributed by atoms with Gasteiger partial charge in [0.15, 0.2) is 0 Å². The summed E-state index contributed by atoms with van der Waals surface area (Å²) in [5.74, 6) is 0. The molecule has 0 aliphatic carbocycles. The molecule has 0 bridgehead atoms. The van der Waals surface area contributed by atoms with Crippen LogP contribution < -0.4 is 0 Å². The first-order valence-corrected chi connectivity index (χ1v) is 4.74. The molecule has 0 amide bonds. The van der Waals surface area contributed by atoms with Gasteiger partial charge in [0, 0.05) is 18.9 Å². The van der Waals surface area contributed by atoms with Gasteiger partial charge in [0.1, 0.15) is 0 Å². The van der Waals surface area contributed by atoms with Crippen molar-refractivity contribution in [3.8, 4) is 0 Å². The first kappa shape index (κ1) is 10.3. The minimum absolute atomic E-state index is 0.198. The lowest BCUT2D eigenvalue weighted by Gasteiger charge is -2.16. The molecule has 0 aliphatic heterocycles. The van der Waals surface area contributed by atoms with Crippen LogP contribution >= 0.6 is 0 Å². The molecule has 1 unspecified atom stereocenters. The van der Waals surface area contributed by atoms with E-state index < -0.39 is 0 Å². The second-order valence-electron chi connectivity index (χ2n) is 4.70. The summed E-state index contributed by atoms with van der Waals surface area (Å²) >= 11 is 0. The van der Waals surface area contributed by atoms with Gasteiger partial charge in [-0.15, -0.1) is 0 Å². The number of rotatable bonds is 2. The fourth-order valence-electron chi connectivity index (χ4n) is 1.30. The molecule has 74 valence electrons. The molecule has 0 fully saturated rings. The lowest BCUT2D eigenvalue weighted by molar-refractivity contribution is 0.173. The molecule has 0 aliphatic rings. The molecule has 1 atom stereocenters. The highest BCUT2D eigenvalue weighted by molar-refractivity contribution is 5.19. The van der Waals surface area contributed by atoms with E-state index in [9.17, 15) is 5.11 Å². The zero-order chi connectivity index (χ0) is 10.1. The van der Waals surface area contributed by atoms with Crippen molar-refractivity contribution in [2.45, 2.75) is 45.8 Å². The molecule has 1 aromatic rings. The molecule has 0 spiro atoms. The molecule has 1 rings (SSSR count). The Kier molecular flexibility index (Phi) is 2.81. The van der Waals surface area contributed by atoms with Crippen LogP contribution in [0.15, 0.2) is 18.5 Å². The van der Waals surface area contributed by atoms with Gasteiger partial charge in [0.2, 0.25) is 0 Å². The van der Waals surface area contributed by atoms with Crippen molar-refractivity contribution in [3.63, 3.8) is 0 Å². The van der Waals surface area contributed by atoms with Crippen LogP contribution in [0.1, 0.15) is 33.3 Å². The lowest BCUT2D eigenvalue weighted by atomic mass is 9.89. The molecule has 0 aromatic carbocycles. The van der Waals surface area contributed by atoms with Gasteiger partial charge >= 0.3 is 0 Å². The summed E-state index contributed by atoms with van der Waals surface area (Å²) in [6, 6.07) is 2.11. The van der Waals surface area contributed by atoms with Gasteiger partial charge in [-0.05, 0) is 24.0 Å². The van der Waals surface area contributed by atoms with E-state index in [0.717, 1.165) is 0 Å². The van der Waals surface area contributed by atoms with Crippen LogP contribution in [0.2, 0.25) is 0 Å². The van der Waals surface area contributed by atoms with Crippen molar-refractivity contribution in [1.82, 2.24) is 4.57 Å². The van der Waals surface area contributed by atoms with Crippen LogP contribution in [0.25, 0.3) is 0 Å². The molecule has 0 saturated heterocycles. The molecule has 13 heavy (non-hydrogen) atoms. The van der Waals surface area contributed by atoms with Crippen molar-refractivity contribution in [1.29, 1.82) is 0 Å². The van der Waals surface area contributed by atoms with Gasteiger partial charge in [-0.2, -0.15) is 0 Å². The number of aromatic nitrogens is 1. The van der Waals surface area contributed by atoms with Crippen LogP contribution in [0.3, 0.4) is 0 Å². The fraction of sp³-hybridized carbons (Fsp3) is 0.636. The Bertz CT molecular complexity index is 268. The molecular formula is C11H19NO. The highest BCUT2D eigenvalue weighted by Gasteiger charge is 2.14. The minimum atomic E-state index is -0.278. The largest absolute Gasteiger partial charge is 0.392 e. The monoisotopic (exact) mass is 181 g/mol. The highest BCUT2D eigenvalue weighted by Crippen LogP contribution is 2.22. The molecule has 0 radical (unpaired) electrons. The Hall–Kier alpha value is -0.760. The zero-order valence-electron chi connectivity index (χ0n) is 8.91. The Morgan fingerprint density at radius 1 is 1.46 bits per heavy atom. The standard InChI is InChI=1S/C11H19NO/c1-9(13)7-12-6-5-10(8-12)11(2,3)4/h5-6,8-9,13H,7H2,1-4H3. The summed E-state index contributed by atoms with van der Waals surface area (Å²) in [7, 11) is 0. The summed E-state index contributed by atoms with van der Waals surface area (Å²) < 4.78 is 2.03. The quantitative estimate of drug-likeness (QED) is 0.743. The van der Waals surface area contributed by atoms with Gasteiger partial charge in [-0.3, -0.25) is 0 Å². The predicted molar refractivity (Wildman–Crippen MR) is 54.8 cm³/mol. The minimum Gasteiger partial charge on any atom is -0.392 e. The van der Waals surface area contributed by atoms with E-state index in [1.165, 1.54) is 5.56 Å². The Balaban J connectivity index is 2.75. The number of nitrogens with zero attached hydrogens (tertiary/aromatic N) is 1. The van der Waals surface area contributed by atoms with Crippen molar-refractivity contribution in [2.75, 3.05) is 0 Å². The van der Waals surface area contributed by atoms with Crippen LogP contribution in [0, 0.1) is 0 Å². The number of aliphatic hydroxyl groups is 1. The molecule has 2 nitrogen and oxygen atoms in total. The third-order valence-corrected chi connectivity index (χ3v) is 2.09. The Morgan fingerprint density at radius 2 is 2.08 bits per heavy atom. The molecular weight excluding hydrogens is 162 g/mol. The molecule has 2 heteroatoms. The van der Waals surface area contributed by atoms with Gasteiger partial charge in [-0.25, -0.2) is 0 Å². The molecule has 1 aromatic heterocycles. The lowest BCUT2D eigenvalue weighted by Crippen LogP contribution is -2.12. The van der Waals surface area contributed by atoms with E-state index in [2.05, 4.69) is 33.0 Å². The van der Waals surface area contributed by atoms with Gasteiger partial charge in [0.25, 0.3) is 0 Å². The number of hydrogen-bond acceptors (Lipinski definition) is 1. The summed E-state index contributed by atoms with van der Waals surface area (Å²) in [5.41, 5.74) is 1.51. The summed E-state index contributed by atoms with van der Waals surface area (Å²) in [6.07, 6.45) is 3.85. The zero-order valence-corrected chi connectivity index (χ0v) is 8.91. The third-order valence-electron chi connectivity index (χ3n) is 2.09. The second-order valence-corrected chi connectivity index (χ2v) is 4.70. The van der Waals surface area contributed by atoms with Crippen LogP contribution in [-0.2, 0) is 12.0 Å². The maximum atomic E-state index is 9.20. The normalized spacial score (nSPS) is 14.5. The van der Waals surface area contributed by atoms with Gasteiger partial charge < -0.3 is 9.67 Å². The number of hydrogen-bond donors (Lipinski definition) is 1. The smallest absolute Gasteiger partial charge is 0.0690 e. The molecule has 0 saturated carbocycles. The van der Waals surface area contributed by atoms with Crippen molar-refractivity contribution in [2.24, 2.45) is 0 Å². The average molecular weight is 181 g/mol. The Morgan fingerprint density at radius 3 is 2.46 bits per heavy atom. The van der Waals surface area contributed by atoms with E-state index in [1.807, 2.05) is 10.8 Å². The summed E-state index contributed by atoms with van der Waals surface area (Å²) in [4.78, 5) is 0. The SMILES string of the molecule is CC(O)Cn1ccc(C(C)(C)C)c1. The van der Waals surface area contributed by atoms with E-state index >= 15 is 0 Å². The van der Waals surface area contributed by atoms with Gasteiger partial charge in [-0.1, -0.05) is 20.8 Å². The van der Waals surface area contributed by atoms with E-state index in [-0.39, 0.29) is 11.5 Å². The van der Waals surface area contributed by atoms with Crippen LogP contribution in [-0.4, -0.2) is 15.8 Å². The topological polar surface area (TPSA) is 25.2 Å². The third kappa shape index (κ3) is 2.88. The first-order valence-electron chi connectivity index (χ1n) is 4.74. The second kappa shape index (κ2) is 3.54. The van der Waals surface area contributed by atoms with Crippen LogP contribution in [0.4, 0.5) is 0 Å². The van der Waals surface area contributed by atoms with Crippen molar-refractivity contribution in [3.05, 3.63) is 24.0 Å². The fourth-order valence-corrected chi connectivity index (χ4v) is 1.30.